The molecule has 0 aromatic heterocycles. The van der Waals surface area contributed by atoms with E-state index < -0.39 is 5.60 Å². The monoisotopic (exact) mass is 373 g/mol. The Kier molecular flexibility index (Phi) is 6.80. The average Bonchev–Trinajstić information content (AvgIpc) is 3.15. The highest BCUT2D eigenvalue weighted by molar-refractivity contribution is 5.97. The molecule has 0 saturated heterocycles. The number of anilines is 1. The molecule has 0 aliphatic heterocycles. The molecule has 1 N–H and O–H groups in total. The minimum Gasteiger partial charge on any atom is -0.490 e. The van der Waals surface area contributed by atoms with E-state index in [1.807, 2.05) is 25.1 Å². The average molecular weight is 374 g/mol. The molecule has 27 heavy (non-hydrogen) atoms. The highest BCUT2D eigenvalue weighted by Gasteiger charge is 2.42. The molecule has 4 nitrogen and oxygen atoms in total. The molecule has 0 radical (unpaired) electrons. The Bertz CT molecular complexity index is 639. The third-order valence-electron chi connectivity index (χ3n) is 5.98. The van der Waals surface area contributed by atoms with Crippen LogP contribution in [0.15, 0.2) is 18.2 Å². The third-order valence-corrected chi connectivity index (χ3v) is 5.98. The van der Waals surface area contributed by atoms with E-state index >= 15 is 0 Å². The van der Waals surface area contributed by atoms with Gasteiger partial charge in [0.1, 0.15) is 11.4 Å². The van der Waals surface area contributed by atoms with Crippen molar-refractivity contribution in [2.75, 3.05) is 11.9 Å². The van der Waals surface area contributed by atoms with Gasteiger partial charge in [0, 0.05) is 12.3 Å². The quantitative estimate of drug-likeness (QED) is 0.674. The van der Waals surface area contributed by atoms with E-state index in [9.17, 15) is 4.79 Å². The van der Waals surface area contributed by atoms with E-state index in [-0.39, 0.29) is 5.91 Å². The molecule has 1 amide bonds. The van der Waals surface area contributed by atoms with Crippen LogP contribution in [0.5, 0.6) is 5.75 Å². The molecule has 0 heterocycles. The van der Waals surface area contributed by atoms with Crippen molar-refractivity contribution in [2.45, 2.75) is 90.3 Å². The molecular weight excluding hydrogens is 338 g/mol. The van der Waals surface area contributed by atoms with E-state index in [0.717, 1.165) is 55.5 Å². The van der Waals surface area contributed by atoms with Gasteiger partial charge in [-0.05, 0) is 88.0 Å². The normalized spacial score (nSPS) is 26.1. The van der Waals surface area contributed by atoms with Crippen molar-refractivity contribution in [1.29, 1.82) is 0 Å². The standard InChI is InChI=1S/C23H35NO3/c1-4-14-26-23(13-7-8-17(2)16-23)22(25)24-19-11-12-21(18(3)15-19)27-20-9-5-6-10-20/h11-12,15,17,20H,4-10,13-14,16H2,1-3H3,(H,24,25)/t17-,23+/m1/s1. The molecule has 2 aliphatic carbocycles. The van der Waals surface area contributed by atoms with Crippen LogP contribution in [0, 0.1) is 12.8 Å². The van der Waals surface area contributed by atoms with Crippen LogP contribution < -0.4 is 10.1 Å². The van der Waals surface area contributed by atoms with E-state index in [1.54, 1.807) is 0 Å². The Hall–Kier alpha value is -1.55. The Labute approximate surface area is 164 Å². The van der Waals surface area contributed by atoms with Crippen LogP contribution in [0.25, 0.3) is 0 Å². The summed E-state index contributed by atoms with van der Waals surface area (Å²) in [7, 11) is 0. The van der Waals surface area contributed by atoms with E-state index in [1.165, 1.54) is 19.3 Å². The highest BCUT2D eigenvalue weighted by atomic mass is 16.5. The van der Waals surface area contributed by atoms with Crippen molar-refractivity contribution in [3.8, 4) is 5.75 Å². The summed E-state index contributed by atoms with van der Waals surface area (Å²) >= 11 is 0. The number of carbonyl (C=O) groups excluding carboxylic acids is 1. The van der Waals surface area contributed by atoms with Crippen LogP contribution in [0.1, 0.15) is 77.2 Å². The maximum Gasteiger partial charge on any atom is 0.256 e. The summed E-state index contributed by atoms with van der Waals surface area (Å²) in [5.41, 5.74) is 1.22. The molecule has 2 saturated carbocycles. The van der Waals surface area contributed by atoms with Crippen LogP contribution in [0.2, 0.25) is 0 Å². The first-order chi connectivity index (χ1) is 13.0. The molecule has 1 aromatic rings. The number of nitrogens with one attached hydrogen (secondary N) is 1. The van der Waals surface area contributed by atoms with Gasteiger partial charge in [-0.3, -0.25) is 4.79 Å². The molecule has 0 unspecified atom stereocenters. The van der Waals surface area contributed by atoms with Crippen LogP contribution in [-0.4, -0.2) is 24.2 Å². The number of aryl methyl sites for hydroxylation is 1. The third kappa shape index (κ3) is 5.04. The predicted octanol–water partition coefficient (Wildman–Crippen LogP) is 5.63. The van der Waals surface area contributed by atoms with Gasteiger partial charge in [-0.25, -0.2) is 0 Å². The van der Waals surface area contributed by atoms with Gasteiger partial charge in [0.05, 0.1) is 6.10 Å². The lowest BCUT2D eigenvalue weighted by Crippen LogP contribution is -2.48. The van der Waals surface area contributed by atoms with E-state index in [0.29, 0.717) is 18.6 Å². The second kappa shape index (κ2) is 9.09. The van der Waals surface area contributed by atoms with Gasteiger partial charge < -0.3 is 14.8 Å². The summed E-state index contributed by atoms with van der Waals surface area (Å²) in [6.45, 7) is 6.99. The molecule has 3 rings (SSSR count). The minimum atomic E-state index is -0.680. The minimum absolute atomic E-state index is 0.00589. The second-order valence-electron chi connectivity index (χ2n) is 8.50. The van der Waals surface area contributed by atoms with Gasteiger partial charge in [-0.2, -0.15) is 0 Å². The Balaban J connectivity index is 1.68. The van der Waals surface area contributed by atoms with Crippen molar-refractivity contribution in [3.63, 3.8) is 0 Å². The number of rotatable bonds is 7. The summed E-state index contributed by atoms with van der Waals surface area (Å²) in [6.07, 6.45) is 9.93. The molecule has 0 spiro atoms. The fraction of sp³-hybridized carbons (Fsp3) is 0.696. The number of hydrogen-bond acceptors (Lipinski definition) is 3. The Morgan fingerprint density at radius 3 is 2.67 bits per heavy atom. The lowest BCUT2D eigenvalue weighted by Gasteiger charge is -2.38. The van der Waals surface area contributed by atoms with Crippen LogP contribution >= 0.6 is 0 Å². The number of carbonyl (C=O) groups is 1. The number of hydrogen-bond donors (Lipinski definition) is 1. The van der Waals surface area contributed by atoms with Gasteiger partial charge >= 0.3 is 0 Å². The van der Waals surface area contributed by atoms with Crippen molar-refractivity contribution in [3.05, 3.63) is 23.8 Å². The van der Waals surface area contributed by atoms with Crippen molar-refractivity contribution >= 4 is 11.6 Å². The van der Waals surface area contributed by atoms with Gasteiger partial charge in [0.2, 0.25) is 0 Å². The molecule has 2 atom stereocenters. The highest BCUT2D eigenvalue weighted by Crippen LogP contribution is 2.37. The number of benzene rings is 1. The Morgan fingerprint density at radius 1 is 1.22 bits per heavy atom. The number of ether oxygens (including phenoxy) is 2. The summed E-state index contributed by atoms with van der Waals surface area (Å²) in [5, 5.41) is 3.12. The van der Waals surface area contributed by atoms with Gasteiger partial charge in [-0.1, -0.05) is 20.3 Å². The predicted molar refractivity (Wildman–Crippen MR) is 109 cm³/mol. The maximum absolute atomic E-state index is 13.1. The molecule has 2 fully saturated rings. The van der Waals surface area contributed by atoms with Crippen LogP contribution in [-0.2, 0) is 9.53 Å². The van der Waals surface area contributed by atoms with Gasteiger partial charge in [-0.15, -0.1) is 0 Å². The molecule has 150 valence electrons. The summed E-state index contributed by atoms with van der Waals surface area (Å²) in [6, 6.07) is 5.96. The lowest BCUT2D eigenvalue weighted by molar-refractivity contribution is -0.148. The SMILES string of the molecule is CCCO[C@@]1(C(=O)Nc2ccc(OC3CCCC3)c(C)c2)CCC[C@@H](C)C1. The van der Waals surface area contributed by atoms with Crippen LogP contribution in [0.4, 0.5) is 5.69 Å². The fourth-order valence-corrected chi connectivity index (χ4v) is 4.49. The first kappa shape index (κ1) is 20.2. The molecule has 2 aliphatic rings. The van der Waals surface area contributed by atoms with Gasteiger partial charge in [0.25, 0.3) is 5.91 Å². The first-order valence-electron chi connectivity index (χ1n) is 10.7. The summed E-state index contributed by atoms with van der Waals surface area (Å²) < 4.78 is 12.3. The molecular formula is C23H35NO3. The zero-order chi connectivity index (χ0) is 19.3. The Morgan fingerprint density at radius 2 is 2.00 bits per heavy atom. The zero-order valence-electron chi connectivity index (χ0n) is 17.2. The second-order valence-corrected chi connectivity index (χ2v) is 8.50. The fourth-order valence-electron chi connectivity index (χ4n) is 4.49. The van der Waals surface area contributed by atoms with Crippen molar-refractivity contribution < 1.29 is 14.3 Å². The molecule has 0 bridgehead atoms. The smallest absolute Gasteiger partial charge is 0.256 e. The molecule has 4 heteroatoms. The van der Waals surface area contributed by atoms with Crippen molar-refractivity contribution in [1.82, 2.24) is 0 Å². The maximum atomic E-state index is 13.1. The summed E-state index contributed by atoms with van der Waals surface area (Å²) in [5.74, 6) is 1.46. The van der Waals surface area contributed by atoms with Crippen molar-refractivity contribution in [2.24, 2.45) is 5.92 Å². The van der Waals surface area contributed by atoms with Gasteiger partial charge in [0.15, 0.2) is 0 Å². The first-order valence-corrected chi connectivity index (χ1v) is 10.7. The number of amides is 1. The van der Waals surface area contributed by atoms with E-state index in [2.05, 4.69) is 19.2 Å². The largest absolute Gasteiger partial charge is 0.490 e. The topological polar surface area (TPSA) is 47.6 Å². The lowest BCUT2D eigenvalue weighted by atomic mass is 9.78. The summed E-state index contributed by atoms with van der Waals surface area (Å²) in [4.78, 5) is 13.1. The van der Waals surface area contributed by atoms with Crippen LogP contribution in [0.3, 0.4) is 0 Å². The zero-order valence-corrected chi connectivity index (χ0v) is 17.2. The van der Waals surface area contributed by atoms with E-state index in [4.69, 9.17) is 9.47 Å². The molecule has 1 aromatic carbocycles.